The highest BCUT2D eigenvalue weighted by Gasteiger charge is 2.34. The van der Waals surface area contributed by atoms with Crippen molar-refractivity contribution >= 4 is 34.9 Å². The third kappa shape index (κ3) is 5.34. The van der Waals surface area contributed by atoms with Gasteiger partial charge in [-0.1, -0.05) is 42.5 Å². The molecular formula is C23H22N2O5S. The number of rotatable bonds is 6. The maximum Gasteiger partial charge on any atom is 0.293 e. The molecule has 0 radical (unpaired) electrons. The summed E-state index contributed by atoms with van der Waals surface area (Å²) in [7, 11) is 0. The highest BCUT2D eigenvalue weighted by Crippen LogP contribution is 2.33. The van der Waals surface area contributed by atoms with E-state index in [4.69, 9.17) is 9.47 Å². The van der Waals surface area contributed by atoms with E-state index in [-0.39, 0.29) is 30.2 Å². The number of amides is 3. The third-order valence-electron chi connectivity index (χ3n) is 4.96. The Bertz CT molecular complexity index is 985. The number of hydrogen-bond acceptors (Lipinski definition) is 6. The van der Waals surface area contributed by atoms with Gasteiger partial charge in [0.25, 0.3) is 17.1 Å². The minimum Gasteiger partial charge on any atom is -0.484 e. The van der Waals surface area contributed by atoms with E-state index in [0.717, 1.165) is 22.9 Å². The van der Waals surface area contributed by atoms with Crippen molar-refractivity contribution in [2.24, 2.45) is 0 Å². The standard InChI is InChI=1S/C23H22N2O5S/c26-21(24-10-12-29-13-11-24)16-30-19-8-6-17(7-9-19)14-20-22(27)25(23(28)31-20)15-18-4-2-1-3-5-18/h1-9,14H,10-13,15-16H2/b20-14-. The summed E-state index contributed by atoms with van der Waals surface area (Å²) in [5, 5.41) is -0.276. The lowest BCUT2D eigenvalue weighted by molar-refractivity contribution is -0.137. The van der Waals surface area contributed by atoms with Crippen molar-refractivity contribution in [2.75, 3.05) is 32.9 Å². The van der Waals surface area contributed by atoms with E-state index in [1.165, 1.54) is 4.90 Å². The van der Waals surface area contributed by atoms with Crippen LogP contribution < -0.4 is 4.74 Å². The molecule has 0 aromatic heterocycles. The Kier molecular flexibility index (Phi) is 6.69. The van der Waals surface area contributed by atoms with E-state index < -0.39 is 0 Å². The SMILES string of the molecule is O=C(COc1ccc(/C=C2\SC(=O)N(Cc3ccccc3)C2=O)cc1)N1CCOCC1. The first-order valence-corrected chi connectivity index (χ1v) is 10.8. The van der Waals surface area contributed by atoms with Crippen LogP contribution in [-0.4, -0.2) is 59.8 Å². The van der Waals surface area contributed by atoms with Gasteiger partial charge in [-0.3, -0.25) is 19.3 Å². The average Bonchev–Trinajstić information content (AvgIpc) is 3.07. The molecule has 2 heterocycles. The van der Waals surface area contributed by atoms with Crippen LogP contribution in [0.1, 0.15) is 11.1 Å². The van der Waals surface area contributed by atoms with E-state index in [0.29, 0.717) is 37.0 Å². The van der Waals surface area contributed by atoms with E-state index in [1.807, 2.05) is 30.3 Å². The Morgan fingerprint density at radius 2 is 1.74 bits per heavy atom. The number of morpholine rings is 1. The second kappa shape index (κ2) is 9.80. The molecule has 31 heavy (non-hydrogen) atoms. The maximum absolute atomic E-state index is 12.7. The van der Waals surface area contributed by atoms with Gasteiger partial charge in [0.05, 0.1) is 24.7 Å². The quantitative estimate of drug-likeness (QED) is 0.645. The lowest BCUT2D eigenvalue weighted by atomic mass is 10.2. The Labute approximate surface area is 184 Å². The summed E-state index contributed by atoms with van der Waals surface area (Å²) < 4.78 is 10.8. The molecule has 8 heteroatoms. The molecule has 0 atom stereocenters. The van der Waals surface area contributed by atoms with Gasteiger partial charge in [0.15, 0.2) is 6.61 Å². The van der Waals surface area contributed by atoms with Gasteiger partial charge in [-0.25, -0.2) is 0 Å². The van der Waals surface area contributed by atoms with Gasteiger partial charge < -0.3 is 14.4 Å². The molecule has 160 valence electrons. The van der Waals surface area contributed by atoms with Crippen LogP contribution >= 0.6 is 11.8 Å². The molecule has 2 fully saturated rings. The second-order valence-corrected chi connectivity index (χ2v) is 8.10. The Balaban J connectivity index is 1.35. The first-order valence-electron chi connectivity index (χ1n) is 9.98. The van der Waals surface area contributed by atoms with Crippen molar-refractivity contribution in [3.63, 3.8) is 0 Å². The predicted octanol–water partition coefficient (Wildman–Crippen LogP) is 3.16. The largest absolute Gasteiger partial charge is 0.484 e. The smallest absolute Gasteiger partial charge is 0.293 e. The lowest BCUT2D eigenvalue weighted by Crippen LogP contribution is -2.42. The number of carbonyl (C=O) groups is 3. The molecule has 4 rings (SSSR count). The fraction of sp³-hybridized carbons (Fsp3) is 0.261. The number of benzene rings is 2. The minimum absolute atomic E-state index is 0.0300. The molecule has 0 spiro atoms. The van der Waals surface area contributed by atoms with Crippen LogP contribution in [0.25, 0.3) is 6.08 Å². The molecule has 2 aliphatic heterocycles. The number of thioether (sulfide) groups is 1. The Hall–Kier alpha value is -3.10. The highest BCUT2D eigenvalue weighted by atomic mass is 32.2. The fourth-order valence-corrected chi connectivity index (χ4v) is 4.10. The average molecular weight is 439 g/mol. The first-order chi connectivity index (χ1) is 15.1. The molecule has 2 aromatic carbocycles. The van der Waals surface area contributed by atoms with Gasteiger partial charge in [0.2, 0.25) is 0 Å². The summed E-state index contributed by atoms with van der Waals surface area (Å²) in [6, 6.07) is 16.5. The molecule has 7 nitrogen and oxygen atoms in total. The molecule has 0 aliphatic carbocycles. The van der Waals surface area contributed by atoms with Crippen molar-refractivity contribution in [3.8, 4) is 5.75 Å². The van der Waals surface area contributed by atoms with Crippen molar-refractivity contribution in [3.05, 3.63) is 70.6 Å². The summed E-state index contributed by atoms with van der Waals surface area (Å²) in [4.78, 5) is 40.5. The van der Waals surface area contributed by atoms with Crippen LogP contribution in [-0.2, 0) is 20.9 Å². The third-order valence-corrected chi connectivity index (χ3v) is 5.87. The van der Waals surface area contributed by atoms with Gasteiger partial charge in [-0.15, -0.1) is 0 Å². The van der Waals surface area contributed by atoms with Crippen LogP contribution in [0, 0.1) is 0 Å². The number of nitrogens with zero attached hydrogens (tertiary/aromatic N) is 2. The fourth-order valence-electron chi connectivity index (χ4n) is 3.26. The molecule has 2 aromatic rings. The Morgan fingerprint density at radius 1 is 1.03 bits per heavy atom. The Morgan fingerprint density at radius 3 is 2.45 bits per heavy atom. The molecule has 0 saturated carbocycles. The predicted molar refractivity (Wildman–Crippen MR) is 117 cm³/mol. The zero-order valence-electron chi connectivity index (χ0n) is 16.9. The zero-order valence-corrected chi connectivity index (χ0v) is 17.7. The minimum atomic E-state index is -0.296. The van der Waals surface area contributed by atoms with Gasteiger partial charge >= 0.3 is 0 Å². The van der Waals surface area contributed by atoms with Gasteiger partial charge in [-0.2, -0.15) is 0 Å². The zero-order chi connectivity index (χ0) is 21.6. The van der Waals surface area contributed by atoms with E-state index >= 15 is 0 Å². The topological polar surface area (TPSA) is 76.2 Å². The molecule has 2 saturated heterocycles. The van der Waals surface area contributed by atoms with Crippen molar-refractivity contribution in [1.29, 1.82) is 0 Å². The van der Waals surface area contributed by atoms with Gasteiger partial charge in [0.1, 0.15) is 5.75 Å². The van der Waals surface area contributed by atoms with Crippen LogP contribution in [0.5, 0.6) is 5.75 Å². The van der Waals surface area contributed by atoms with Gasteiger partial charge in [-0.05, 0) is 41.1 Å². The number of carbonyl (C=O) groups excluding carboxylic acids is 3. The number of ether oxygens (including phenoxy) is 2. The molecule has 2 aliphatic rings. The van der Waals surface area contributed by atoms with E-state index in [2.05, 4.69) is 0 Å². The van der Waals surface area contributed by atoms with Crippen LogP contribution in [0.2, 0.25) is 0 Å². The van der Waals surface area contributed by atoms with Crippen LogP contribution in [0.3, 0.4) is 0 Å². The maximum atomic E-state index is 12.7. The summed E-state index contributed by atoms with van der Waals surface area (Å²) in [5.41, 5.74) is 1.68. The summed E-state index contributed by atoms with van der Waals surface area (Å²) in [6.45, 7) is 2.50. The van der Waals surface area contributed by atoms with Gasteiger partial charge in [0, 0.05) is 13.1 Å². The first kappa shape index (κ1) is 21.1. The van der Waals surface area contributed by atoms with Crippen LogP contribution in [0.4, 0.5) is 4.79 Å². The number of hydrogen-bond donors (Lipinski definition) is 0. The summed E-state index contributed by atoms with van der Waals surface area (Å²) >= 11 is 0.937. The molecule has 0 N–H and O–H groups in total. The molecule has 0 bridgehead atoms. The second-order valence-electron chi connectivity index (χ2n) is 7.10. The van der Waals surface area contributed by atoms with Crippen molar-refractivity contribution in [1.82, 2.24) is 9.80 Å². The normalized spacial score (nSPS) is 18.0. The summed E-state index contributed by atoms with van der Waals surface area (Å²) in [5.74, 6) is 0.200. The van der Waals surface area contributed by atoms with E-state index in [9.17, 15) is 14.4 Å². The van der Waals surface area contributed by atoms with E-state index in [1.54, 1.807) is 35.2 Å². The monoisotopic (exact) mass is 438 g/mol. The summed E-state index contributed by atoms with van der Waals surface area (Å²) in [6.07, 6.45) is 1.69. The number of imide groups is 1. The molecular weight excluding hydrogens is 416 g/mol. The molecule has 3 amide bonds. The lowest BCUT2D eigenvalue weighted by Gasteiger charge is -2.26. The van der Waals surface area contributed by atoms with Crippen LogP contribution in [0.15, 0.2) is 59.5 Å². The molecule has 0 unspecified atom stereocenters. The van der Waals surface area contributed by atoms with Crippen molar-refractivity contribution < 1.29 is 23.9 Å². The highest BCUT2D eigenvalue weighted by molar-refractivity contribution is 8.18. The van der Waals surface area contributed by atoms with Crippen molar-refractivity contribution in [2.45, 2.75) is 6.54 Å².